The van der Waals surface area contributed by atoms with Crippen molar-refractivity contribution in [3.05, 3.63) is 35.4 Å². The molecule has 3 rings (SSSR count). The molecular formula is C16H13N3S2. The Morgan fingerprint density at radius 2 is 2.05 bits per heavy atom. The van der Waals surface area contributed by atoms with Crippen LogP contribution in [0.3, 0.4) is 0 Å². The lowest BCUT2D eigenvalue weighted by atomic mass is 9.91. The van der Waals surface area contributed by atoms with Crippen molar-refractivity contribution >= 4 is 33.3 Å². The van der Waals surface area contributed by atoms with E-state index in [4.69, 9.17) is 10.5 Å². The number of rotatable bonds is 2. The molecule has 0 saturated heterocycles. The predicted molar refractivity (Wildman–Crippen MR) is 86.0 cm³/mol. The Bertz CT molecular complexity index is 728. The lowest BCUT2D eigenvalue weighted by Gasteiger charge is -2.23. The van der Waals surface area contributed by atoms with E-state index in [0.29, 0.717) is 5.57 Å². The van der Waals surface area contributed by atoms with Gasteiger partial charge >= 0.3 is 0 Å². The summed E-state index contributed by atoms with van der Waals surface area (Å²) in [5, 5.41) is 18.5. The maximum atomic E-state index is 9.12. The van der Waals surface area contributed by atoms with E-state index in [1.165, 1.54) is 4.70 Å². The van der Waals surface area contributed by atoms with Crippen LogP contribution in [0.15, 0.2) is 39.8 Å². The molecule has 0 radical (unpaired) electrons. The quantitative estimate of drug-likeness (QED) is 0.756. The van der Waals surface area contributed by atoms with Gasteiger partial charge in [0.2, 0.25) is 0 Å². The van der Waals surface area contributed by atoms with E-state index in [1.807, 2.05) is 18.2 Å². The zero-order valence-electron chi connectivity index (χ0n) is 11.4. The molecule has 1 saturated carbocycles. The normalized spacial score (nSPS) is 18.2. The summed E-state index contributed by atoms with van der Waals surface area (Å²) < 4.78 is 2.21. The van der Waals surface area contributed by atoms with Crippen molar-refractivity contribution in [3.63, 3.8) is 0 Å². The summed E-state index contributed by atoms with van der Waals surface area (Å²) >= 11 is 3.39. The maximum Gasteiger partial charge on any atom is 0.151 e. The number of hydrogen-bond acceptors (Lipinski definition) is 5. The first kappa shape index (κ1) is 14.1. The zero-order chi connectivity index (χ0) is 14.7. The van der Waals surface area contributed by atoms with Gasteiger partial charge in [0.1, 0.15) is 17.7 Å². The van der Waals surface area contributed by atoms with Crippen molar-refractivity contribution in [1.82, 2.24) is 4.98 Å². The summed E-state index contributed by atoms with van der Waals surface area (Å²) in [5.74, 6) is 0. The molecule has 0 amide bonds. The lowest BCUT2D eigenvalue weighted by molar-refractivity contribution is 0.607. The van der Waals surface area contributed by atoms with Crippen molar-refractivity contribution in [2.45, 2.75) is 35.3 Å². The van der Waals surface area contributed by atoms with Crippen molar-refractivity contribution < 1.29 is 0 Å². The van der Waals surface area contributed by atoms with E-state index in [2.05, 4.69) is 23.2 Å². The highest BCUT2D eigenvalue weighted by Crippen LogP contribution is 2.40. The van der Waals surface area contributed by atoms with Crippen molar-refractivity contribution in [1.29, 1.82) is 10.5 Å². The second kappa shape index (κ2) is 6.30. The van der Waals surface area contributed by atoms with Crippen LogP contribution < -0.4 is 0 Å². The molecule has 0 N–H and O–H groups in total. The van der Waals surface area contributed by atoms with E-state index in [9.17, 15) is 0 Å². The predicted octanol–water partition coefficient (Wildman–Crippen LogP) is 4.67. The van der Waals surface area contributed by atoms with Crippen molar-refractivity contribution in [2.24, 2.45) is 0 Å². The third-order valence-corrected chi connectivity index (χ3v) is 6.08. The summed E-state index contributed by atoms with van der Waals surface area (Å²) in [6, 6.07) is 12.2. The Morgan fingerprint density at radius 3 is 2.81 bits per heavy atom. The minimum absolute atomic E-state index is 0.216. The van der Waals surface area contributed by atoms with Gasteiger partial charge in [-0.2, -0.15) is 10.5 Å². The third-order valence-electron chi connectivity index (χ3n) is 3.61. The molecule has 1 aliphatic rings. The summed E-state index contributed by atoms with van der Waals surface area (Å²) in [6.07, 6.45) is 4.09. The first-order valence-corrected chi connectivity index (χ1v) is 8.57. The van der Waals surface area contributed by atoms with Gasteiger partial charge in [-0.25, -0.2) is 4.98 Å². The van der Waals surface area contributed by atoms with E-state index in [-0.39, 0.29) is 5.25 Å². The summed E-state index contributed by atoms with van der Waals surface area (Å²) in [6.45, 7) is 0. The first-order chi connectivity index (χ1) is 10.3. The fraction of sp³-hybridized carbons (Fsp3) is 0.312. The fourth-order valence-corrected chi connectivity index (χ4v) is 5.15. The number of nitrogens with zero attached hydrogens (tertiary/aromatic N) is 3. The van der Waals surface area contributed by atoms with E-state index < -0.39 is 0 Å². The van der Waals surface area contributed by atoms with E-state index >= 15 is 0 Å². The van der Waals surface area contributed by atoms with Crippen LogP contribution >= 0.6 is 23.1 Å². The van der Waals surface area contributed by atoms with Gasteiger partial charge in [-0.05, 0) is 37.0 Å². The molecule has 1 atom stereocenters. The topological polar surface area (TPSA) is 60.5 Å². The SMILES string of the molecule is N#CC(C#N)=C1CCCCC1Sc1nc2ccccc2s1. The molecule has 0 bridgehead atoms. The number of fused-ring (bicyclic) bond motifs is 1. The summed E-state index contributed by atoms with van der Waals surface area (Å²) in [7, 11) is 0. The highest BCUT2D eigenvalue weighted by atomic mass is 32.2. The number of thiazole rings is 1. The molecule has 1 aliphatic carbocycles. The van der Waals surface area contributed by atoms with Gasteiger partial charge in [0, 0.05) is 5.25 Å². The number of thioether (sulfide) groups is 1. The third kappa shape index (κ3) is 2.95. The standard InChI is InChI=1S/C16H13N3S2/c17-9-11(10-18)12-5-1-3-7-14(12)20-16-19-13-6-2-4-8-15(13)21-16/h2,4,6,8,14H,1,3,5,7H2. The number of allylic oxidation sites excluding steroid dienone is 1. The largest absolute Gasteiger partial charge is 0.230 e. The lowest BCUT2D eigenvalue weighted by Crippen LogP contribution is -2.14. The number of aromatic nitrogens is 1. The molecule has 1 aromatic carbocycles. The van der Waals surface area contributed by atoms with Crippen molar-refractivity contribution in [2.75, 3.05) is 0 Å². The average molecular weight is 311 g/mol. The van der Waals surface area contributed by atoms with Crippen LogP contribution in [0.1, 0.15) is 25.7 Å². The second-order valence-electron chi connectivity index (χ2n) is 4.92. The second-order valence-corrected chi connectivity index (χ2v) is 7.40. The molecule has 1 fully saturated rings. The van der Waals surface area contributed by atoms with Gasteiger partial charge in [-0.3, -0.25) is 0 Å². The van der Waals surface area contributed by atoms with Crippen LogP contribution in [0.2, 0.25) is 0 Å². The Hall–Kier alpha value is -1.82. The van der Waals surface area contributed by atoms with Gasteiger partial charge in [-0.15, -0.1) is 11.3 Å². The minimum Gasteiger partial charge on any atom is -0.230 e. The Labute approximate surface area is 131 Å². The molecule has 3 nitrogen and oxygen atoms in total. The minimum atomic E-state index is 0.216. The van der Waals surface area contributed by atoms with Crippen LogP contribution in [0.5, 0.6) is 0 Å². The number of nitriles is 2. The van der Waals surface area contributed by atoms with Gasteiger partial charge in [-0.1, -0.05) is 30.3 Å². The van der Waals surface area contributed by atoms with E-state index in [0.717, 1.165) is 41.1 Å². The number of hydrogen-bond donors (Lipinski definition) is 0. The van der Waals surface area contributed by atoms with Crippen LogP contribution in [-0.2, 0) is 0 Å². The van der Waals surface area contributed by atoms with E-state index in [1.54, 1.807) is 23.1 Å². The molecule has 1 aromatic heterocycles. The molecule has 0 spiro atoms. The summed E-state index contributed by atoms with van der Waals surface area (Å²) in [4.78, 5) is 4.65. The molecule has 104 valence electrons. The van der Waals surface area contributed by atoms with Crippen LogP contribution in [0.25, 0.3) is 10.2 Å². The molecule has 5 heteroatoms. The molecule has 1 unspecified atom stereocenters. The molecule has 1 heterocycles. The van der Waals surface area contributed by atoms with Crippen LogP contribution in [-0.4, -0.2) is 10.2 Å². The van der Waals surface area contributed by atoms with Gasteiger partial charge in [0.05, 0.1) is 10.2 Å². The monoisotopic (exact) mass is 311 g/mol. The summed E-state index contributed by atoms with van der Waals surface area (Å²) in [5.41, 5.74) is 2.33. The van der Waals surface area contributed by atoms with Gasteiger partial charge in [0.25, 0.3) is 0 Å². The molecule has 2 aromatic rings. The Balaban J connectivity index is 1.90. The van der Waals surface area contributed by atoms with Crippen LogP contribution in [0.4, 0.5) is 0 Å². The average Bonchev–Trinajstić information content (AvgIpc) is 2.92. The molecular weight excluding hydrogens is 298 g/mol. The smallest absolute Gasteiger partial charge is 0.151 e. The first-order valence-electron chi connectivity index (χ1n) is 6.87. The number of benzene rings is 1. The van der Waals surface area contributed by atoms with Gasteiger partial charge < -0.3 is 0 Å². The zero-order valence-corrected chi connectivity index (χ0v) is 13.0. The highest BCUT2D eigenvalue weighted by Gasteiger charge is 2.24. The molecule has 21 heavy (non-hydrogen) atoms. The van der Waals surface area contributed by atoms with Crippen molar-refractivity contribution in [3.8, 4) is 12.1 Å². The Kier molecular flexibility index (Phi) is 4.24. The fourth-order valence-electron chi connectivity index (χ4n) is 2.59. The van der Waals surface area contributed by atoms with Gasteiger partial charge in [0.15, 0.2) is 4.34 Å². The highest BCUT2D eigenvalue weighted by molar-refractivity contribution is 8.01. The Morgan fingerprint density at radius 1 is 1.24 bits per heavy atom. The van der Waals surface area contributed by atoms with Crippen LogP contribution in [0, 0.1) is 22.7 Å². The number of para-hydroxylation sites is 1. The maximum absolute atomic E-state index is 9.12. The molecule has 0 aliphatic heterocycles.